The zero-order valence-corrected chi connectivity index (χ0v) is 17.1. The van der Waals surface area contributed by atoms with E-state index < -0.39 is 5.63 Å². The van der Waals surface area contributed by atoms with Gasteiger partial charge in [-0.2, -0.15) is 0 Å². The smallest absolute Gasteiger partial charge is 0.339 e. The van der Waals surface area contributed by atoms with Crippen molar-refractivity contribution in [2.45, 2.75) is 33.6 Å². The third-order valence-corrected chi connectivity index (χ3v) is 5.49. The number of fused-ring (bicyclic) bond motifs is 2. The SMILES string of the molecule is Cc1ccc(Cl)cc1NC(=O)CCc1c(C)c2cc3c(C)coc3cc2oc1=O. The number of rotatable bonds is 4. The number of halogens is 1. The molecule has 0 fully saturated rings. The van der Waals surface area contributed by atoms with Crippen molar-refractivity contribution in [3.8, 4) is 0 Å². The second-order valence-corrected chi connectivity index (χ2v) is 7.70. The Balaban J connectivity index is 1.61. The van der Waals surface area contributed by atoms with E-state index in [0.29, 0.717) is 27.4 Å². The third-order valence-electron chi connectivity index (χ3n) is 5.25. The Labute approximate surface area is 172 Å². The van der Waals surface area contributed by atoms with Gasteiger partial charge >= 0.3 is 5.63 Å². The zero-order valence-electron chi connectivity index (χ0n) is 16.4. The van der Waals surface area contributed by atoms with Crippen LogP contribution in [0.2, 0.25) is 5.02 Å². The highest BCUT2D eigenvalue weighted by atomic mass is 35.5. The topological polar surface area (TPSA) is 72.5 Å². The average Bonchev–Trinajstić information content (AvgIpc) is 3.03. The number of hydrogen-bond acceptors (Lipinski definition) is 4. The molecular formula is C23H20ClNO4. The molecule has 148 valence electrons. The third kappa shape index (κ3) is 3.66. The molecule has 0 saturated heterocycles. The van der Waals surface area contributed by atoms with Crippen LogP contribution in [0, 0.1) is 20.8 Å². The molecule has 0 unspecified atom stereocenters. The summed E-state index contributed by atoms with van der Waals surface area (Å²) in [6.45, 7) is 5.75. The summed E-state index contributed by atoms with van der Waals surface area (Å²) in [7, 11) is 0. The summed E-state index contributed by atoms with van der Waals surface area (Å²) < 4.78 is 11.0. The Morgan fingerprint density at radius 3 is 2.62 bits per heavy atom. The van der Waals surface area contributed by atoms with Gasteiger partial charge in [0.25, 0.3) is 0 Å². The van der Waals surface area contributed by atoms with Gasteiger partial charge in [-0.3, -0.25) is 4.79 Å². The van der Waals surface area contributed by atoms with E-state index in [4.69, 9.17) is 20.4 Å². The summed E-state index contributed by atoms with van der Waals surface area (Å²) in [5.41, 5.74) is 4.68. The predicted octanol–water partition coefficient (Wildman–Crippen LogP) is 5.69. The normalized spacial score (nSPS) is 11.3. The van der Waals surface area contributed by atoms with Crippen molar-refractivity contribution >= 4 is 45.1 Å². The van der Waals surface area contributed by atoms with E-state index in [0.717, 1.165) is 27.5 Å². The van der Waals surface area contributed by atoms with Gasteiger partial charge in [0.15, 0.2) is 0 Å². The minimum absolute atomic E-state index is 0.163. The summed E-state index contributed by atoms with van der Waals surface area (Å²) in [6.07, 6.45) is 2.13. The fourth-order valence-electron chi connectivity index (χ4n) is 3.51. The van der Waals surface area contributed by atoms with E-state index in [1.165, 1.54) is 0 Å². The average molecular weight is 410 g/mol. The molecule has 4 aromatic rings. The van der Waals surface area contributed by atoms with Crippen LogP contribution in [-0.4, -0.2) is 5.91 Å². The lowest BCUT2D eigenvalue weighted by molar-refractivity contribution is -0.116. The predicted molar refractivity (Wildman–Crippen MR) is 115 cm³/mol. The van der Waals surface area contributed by atoms with Crippen LogP contribution < -0.4 is 10.9 Å². The van der Waals surface area contributed by atoms with E-state index >= 15 is 0 Å². The number of carbonyl (C=O) groups excluding carboxylic acids is 1. The Kier molecular flexibility index (Phi) is 4.92. The Hall–Kier alpha value is -3.05. The van der Waals surface area contributed by atoms with E-state index in [1.54, 1.807) is 24.5 Å². The maximum atomic E-state index is 12.5. The van der Waals surface area contributed by atoms with Gasteiger partial charge in [-0.15, -0.1) is 0 Å². The molecular weight excluding hydrogens is 390 g/mol. The maximum absolute atomic E-state index is 12.5. The molecule has 0 radical (unpaired) electrons. The number of benzene rings is 2. The van der Waals surface area contributed by atoms with Crippen LogP contribution in [0.15, 0.2) is 50.2 Å². The van der Waals surface area contributed by atoms with E-state index in [2.05, 4.69) is 5.32 Å². The molecule has 4 rings (SSSR count). The monoisotopic (exact) mass is 409 g/mol. The lowest BCUT2D eigenvalue weighted by Gasteiger charge is -2.10. The summed E-state index contributed by atoms with van der Waals surface area (Å²) in [5, 5.41) is 5.24. The molecule has 1 amide bonds. The van der Waals surface area contributed by atoms with Gasteiger partial charge in [0.1, 0.15) is 11.2 Å². The fraction of sp³-hybridized carbons (Fsp3) is 0.217. The number of aryl methyl sites for hydroxylation is 3. The number of furan rings is 1. The molecule has 5 nitrogen and oxygen atoms in total. The lowest BCUT2D eigenvalue weighted by Crippen LogP contribution is -2.17. The second kappa shape index (κ2) is 7.41. The van der Waals surface area contributed by atoms with Gasteiger partial charge in [0.05, 0.1) is 6.26 Å². The van der Waals surface area contributed by atoms with E-state index in [9.17, 15) is 9.59 Å². The van der Waals surface area contributed by atoms with Crippen LogP contribution in [-0.2, 0) is 11.2 Å². The van der Waals surface area contributed by atoms with Crippen molar-refractivity contribution in [3.05, 3.63) is 74.3 Å². The lowest BCUT2D eigenvalue weighted by atomic mass is 10.0. The first-order chi connectivity index (χ1) is 13.8. The van der Waals surface area contributed by atoms with Gasteiger partial charge in [0, 0.05) is 39.5 Å². The second-order valence-electron chi connectivity index (χ2n) is 7.26. The molecule has 0 aliphatic rings. The van der Waals surface area contributed by atoms with Gasteiger partial charge in [-0.05, 0) is 62.1 Å². The van der Waals surface area contributed by atoms with E-state index in [-0.39, 0.29) is 18.7 Å². The Morgan fingerprint density at radius 1 is 1.03 bits per heavy atom. The van der Waals surface area contributed by atoms with Crippen molar-refractivity contribution in [1.82, 2.24) is 0 Å². The number of hydrogen-bond donors (Lipinski definition) is 1. The van der Waals surface area contributed by atoms with E-state index in [1.807, 2.05) is 32.9 Å². The van der Waals surface area contributed by atoms with Crippen molar-refractivity contribution in [3.63, 3.8) is 0 Å². The largest absolute Gasteiger partial charge is 0.464 e. The molecule has 2 heterocycles. The number of nitrogens with one attached hydrogen (secondary N) is 1. The minimum atomic E-state index is -0.427. The molecule has 0 saturated carbocycles. The summed E-state index contributed by atoms with van der Waals surface area (Å²) in [5.74, 6) is -0.185. The highest BCUT2D eigenvalue weighted by molar-refractivity contribution is 6.31. The van der Waals surface area contributed by atoms with Crippen molar-refractivity contribution < 1.29 is 13.6 Å². The van der Waals surface area contributed by atoms with Gasteiger partial charge < -0.3 is 14.2 Å². The summed E-state index contributed by atoms with van der Waals surface area (Å²) in [4.78, 5) is 24.9. The zero-order chi connectivity index (χ0) is 20.7. The molecule has 0 aliphatic carbocycles. The number of anilines is 1. The molecule has 1 N–H and O–H groups in total. The van der Waals surface area contributed by atoms with Crippen molar-refractivity contribution in [2.75, 3.05) is 5.32 Å². The first-order valence-electron chi connectivity index (χ1n) is 9.33. The Morgan fingerprint density at radius 2 is 1.83 bits per heavy atom. The minimum Gasteiger partial charge on any atom is -0.464 e. The van der Waals surface area contributed by atoms with Crippen LogP contribution in [0.3, 0.4) is 0 Å². The number of amides is 1. The van der Waals surface area contributed by atoms with Crippen LogP contribution in [0.4, 0.5) is 5.69 Å². The van der Waals surface area contributed by atoms with Crippen LogP contribution >= 0.6 is 11.6 Å². The molecule has 2 aromatic carbocycles. The Bertz CT molecular complexity index is 1320. The molecule has 2 aromatic heterocycles. The first kappa shape index (κ1) is 19.3. The molecule has 0 bridgehead atoms. The van der Waals surface area contributed by atoms with Gasteiger partial charge in [-0.1, -0.05) is 17.7 Å². The van der Waals surface area contributed by atoms with Gasteiger partial charge in [0.2, 0.25) is 5.91 Å². The van der Waals surface area contributed by atoms with Crippen molar-refractivity contribution in [1.29, 1.82) is 0 Å². The molecule has 0 atom stereocenters. The highest BCUT2D eigenvalue weighted by Gasteiger charge is 2.15. The molecule has 0 spiro atoms. The first-order valence-corrected chi connectivity index (χ1v) is 9.71. The summed E-state index contributed by atoms with van der Waals surface area (Å²) in [6, 6.07) is 9.04. The summed E-state index contributed by atoms with van der Waals surface area (Å²) >= 11 is 6.00. The van der Waals surface area contributed by atoms with Gasteiger partial charge in [-0.25, -0.2) is 4.79 Å². The van der Waals surface area contributed by atoms with Crippen LogP contribution in [0.5, 0.6) is 0 Å². The highest BCUT2D eigenvalue weighted by Crippen LogP contribution is 2.29. The molecule has 29 heavy (non-hydrogen) atoms. The molecule has 0 aliphatic heterocycles. The standard InChI is InChI=1S/C23H20ClNO4/c1-12-4-5-15(24)8-19(12)25-22(26)7-6-16-14(3)18-9-17-13(2)11-28-20(17)10-21(18)29-23(16)27/h4-5,8-11H,6-7H2,1-3H3,(H,25,26). The molecule has 6 heteroatoms. The van der Waals surface area contributed by atoms with Crippen molar-refractivity contribution in [2.24, 2.45) is 0 Å². The fourth-order valence-corrected chi connectivity index (χ4v) is 3.68. The quantitative estimate of drug-likeness (QED) is 0.439. The van der Waals surface area contributed by atoms with Crippen LogP contribution in [0.25, 0.3) is 21.9 Å². The maximum Gasteiger partial charge on any atom is 0.339 e. The number of carbonyl (C=O) groups is 1. The van der Waals surface area contributed by atoms with Crippen LogP contribution in [0.1, 0.15) is 28.7 Å².